The third kappa shape index (κ3) is 11.0. The van der Waals surface area contributed by atoms with Crippen molar-refractivity contribution in [2.24, 2.45) is 0 Å². The van der Waals surface area contributed by atoms with Crippen LogP contribution in [-0.2, 0) is 20.8 Å². The number of carbonyl (C=O) groups is 3. The first-order chi connectivity index (χ1) is 15.8. The van der Waals surface area contributed by atoms with E-state index in [9.17, 15) is 27.6 Å². The van der Waals surface area contributed by atoms with Gasteiger partial charge in [0, 0.05) is 12.8 Å². The van der Waals surface area contributed by atoms with Crippen molar-refractivity contribution in [1.82, 2.24) is 10.6 Å². The number of rotatable bonds is 13. The van der Waals surface area contributed by atoms with Gasteiger partial charge in [-0.2, -0.15) is 24.9 Å². The fourth-order valence-corrected chi connectivity index (χ4v) is 4.29. The monoisotopic (exact) mass is 486 g/mol. The van der Waals surface area contributed by atoms with Crippen LogP contribution in [0.1, 0.15) is 37.7 Å². The molecule has 2 rings (SSSR count). The van der Waals surface area contributed by atoms with E-state index in [1.807, 2.05) is 18.2 Å². The first kappa shape index (κ1) is 27.0. The molecule has 1 heterocycles. The fourth-order valence-electron chi connectivity index (χ4n) is 3.42. The molecular weight excluding hydrogens is 455 g/mol. The van der Waals surface area contributed by atoms with Crippen LogP contribution in [0, 0.1) is 0 Å². The Bertz CT molecular complexity index is 816. The minimum atomic E-state index is -4.82. The molecule has 1 aromatic rings. The Kier molecular flexibility index (Phi) is 11.6. The maximum absolute atomic E-state index is 12.7. The summed E-state index contributed by atoms with van der Waals surface area (Å²) in [4.78, 5) is 35.9. The van der Waals surface area contributed by atoms with E-state index < -0.39 is 35.6 Å². The van der Waals surface area contributed by atoms with Gasteiger partial charge >= 0.3 is 6.18 Å². The van der Waals surface area contributed by atoms with E-state index >= 15 is 0 Å². The highest BCUT2D eigenvalue weighted by Crippen LogP contribution is 2.19. The van der Waals surface area contributed by atoms with E-state index in [0.717, 1.165) is 43.3 Å². The van der Waals surface area contributed by atoms with Crippen molar-refractivity contribution < 1.29 is 32.1 Å². The second-order valence-electron chi connectivity index (χ2n) is 7.91. The van der Waals surface area contributed by atoms with Gasteiger partial charge in [0.25, 0.3) is 0 Å². The minimum Gasteiger partial charge on any atom is -0.300 e. The molecule has 0 saturated heterocycles. The van der Waals surface area contributed by atoms with Gasteiger partial charge in [-0.05, 0) is 30.6 Å². The summed E-state index contributed by atoms with van der Waals surface area (Å²) in [5.74, 6) is -2.94. The number of nitrogens with one attached hydrogen (secondary N) is 2. The number of imide groups is 1. The largest absolute Gasteiger partial charge is 0.450 e. The molecule has 2 N–H and O–H groups in total. The average molecular weight is 487 g/mol. The molecule has 1 atom stereocenters. The Morgan fingerprint density at radius 2 is 1.88 bits per heavy atom. The number of halogens is 3. The molecule has 1 aromatic carbocycles. The van der Waals surface area contributed by atoms with Crippen LogP contribution in [-0.4, -0.2) is 71.7 Å². The van der Waals surface area contributed by atoms with Crippen molar-refractivity contribution in [1.29, 1.82) is 0 Å². The Morgan fingerprint density at radius 1 is 1.12 bits per heavy atom. The Morgan fingerprint density at radius 3 is 2.55 bits per heavy atom. The van der Waals surface area contributed by atoms with E-state index in [1.165, 1.54) is 6.42 Å². The number of amides is 2. The van der Waals surface area contributed by atoms with E-state index in [1.54, 1.807) is 12.1 Å². The van der Waals surface area contributed by atoms with Crippen LogP contribution in [0.4, 0.5) is 13.2 Å². The number of carbonyl (C=O) groups excluding carboxylic acids is 3. The second kappa shape index (κ2) is 14.1. The van der Waals surface area contributed by atoms with Crippen LogP contribution >= 0.6 is 11.8 Å². The molecule has 0 saturated carbocycles. The smallest absolute Gasteiger partial charge is 0.300 e. The Labute approximate surface area is 196 Å². The predicted octanol–water partition coefficient (Wildman–Crippen LogP) is 2.74. The zero-order valence-corrected chi connectivity index (χ0v) is 19.4. The summed E-state index contributed by atoms with van der Waals surface area (Å²) in [7, 11) is 0. The lowest BCUT2D eigenvalue weighted by molar-refractivity contribution is -0.526. The molecule has 10 heteroatoms. The fraction of sp³-hybridized carbons (Fsp3) is 0.565. The Hall–Kier alpha value is -2.20. The molecule has 0 spiro atoms. The van der Waals surface area contributed by atoms with Gasteiger partial charge in [0.05, 0.1) is 24.8 Å². The molecular formula is C23H31F3N3O3S+. The van der Waals surface area contributed by atoms with Crippen LogP contribution in [0.2, 0.25) is 0 Å². The predicted molar refractivity (Wildman–Crippen MR) is 123 cm³/mol. The zero-order chi connectivity index (χ0) is 24.1. The summed E-state index contributed by atoms with van der Waals surface area (Å²) in [5.41, 5.74) is 0.790. The van der Waals surface area contributed by atoms with Gasteiger partial charge < -0.3 is 0 Å². The third-order valence-corrected chi connectivity index (χ3v) is 6.24. The zero-order valence-electron chi connectivity index (χ0n) is 18.5. The van der Waals surface area contributed by atoms with Gasteiger partial charge in [0.1, 0.15) is 12.8 Å². The Balaban J connectivity index is 1.82. The molecule has 1 aliphatic rings. The number of nitrogens with zero attached hydrogens (tertiary/aromatic N) is 1. The van der Waals surface area contributed by atoms with Crippen molar-refractivity contribution in [3.63, 3.8) is 0 Å². The second-order valence-corrected chi connectivity index (χ2v) is 9.02. The van der Waals surface area contributed by atoms with E-state index in [2.05, 4.69) is 21.4 Å². The maximum atomic E-state index is 12.7. The van der Waals surface area contributed by atoms with Crippen LogP contribution in [0.15, 0.2) is 30.3 Å². The van der Waals surface area contributed by atoms with Crippen molar-refractivity contribution in [2.45, 2.75) is 50.7 Å². The number of alkyl halides is 3. The summed E-state index contributed by atoms with van der Waals surface area (Å²) < 4.78 is 39.1. The van der Waals surface area contributed by atoms with Crippen molar-refractivity contribution in [3.8, 4) is 0 Å². The molecule has 0 aliphatic carbocycles. The normalized spacial score (nSPS) is 14.9. The third-order valence-electron chi connectivity index (χ3n) is 5.19. The van der Waals surface area contributed by atoms with Crippen molar-refractivity contribution >= 4 is 35.6 Å². The molecule has 2 amide bonds. The van der Waals surface area contributed by atoms with Crippen LogP contribution in [0.25, 0.3) is 0 Å². The lowest BCUT2D eigenvalue weighted by Gasteiger charge is -2.18. The van der Waals surface area contributed by atoms with Gasteiger partial charge in [-0.15, -0.1) is 0 Å². The van der Waals surface area contributed by atoms with E-state index in [0.29, 0.717) is 25.1 Å². The van der Waals surface area contributed by atoms with Crippen molar-refractivity contribution in [3.05, 3.63) is 35.9 Å². The maximum Gasteiger partial charge on any atom is 0.450 e. The summed E-state index contributed by atoms with van der Waals surface area (Å²) in [6.45, 7) is 2.25. The quantitative estimate of drug-likeness (QED) is 0.331. The molecule has 0 fully saturated rings. The molecule has 0 radical (unpaired) electrons. The number of ketones is 1. The molecule has 33 heavy (non-hydrogen) atoms. The summed E-state index contributed by atoms with van der Waals surface area (Å²) in [6.07, 6.45) is 1.53. The van der Waals surface area contributed by atoms with Crippen LogP contribution < -0.4 is 10.6 Å². The highest BCUT2D eigenvalue weighted by atomic mass is 32.2. The van der Waals surface area contributed by atoms with Gasteiger partial charge in [0.2, 0.25) is 17.6 Å². The number of thioether (sulfide) groups is 1. The van der Waals surface area contributed by atoms with Crippen LogP contribution in [0.5, 0.6) is 0 Å². The number of hydrogen-bond donors (Lipinski definition) is 2. The molecule has 6 nitrogen and oxygen atoms in total. The number of Topliss-reactive ketones (excluding diaryl/α,β-unsaturated/α-hetero) is 1. The topological polar surface area (TPSA) is 78.3 Å². The van der Waals surface area contributed by atoms with Gasteiger partial charge in [-0.3, -0.25) is 25.0 Å². The minimum absolute atomic E-state index is 0.0808. The molecule has 0 aromatic heterocycles. The van der Waals surface area contributed by atoms with Crippen molar-refractivity contribution in [2.75, 3.05) is 31.1 Å². The summed E-state index contributed by atoms with van der Waals surface area (Å²) in [5, 5.41) is 5.60. The van der Waals surface area contributed by atoms with Gasteiger partial charge in [0.15, 0.2) is 6.54 Å². The molecule has 182 valence electrons. The first-order valence-corrected chi connectivity index (χ1v) is 12.3. The van der Waals surface area contributed by atoms with E-state index in [4.69, 9.17) is 0 Å². The lowest BCUT2D eigenvalue weighted by atomic mass is 10.1. The SMILES string of the molecule is O=C(Cc1ccccc1)NC(=O)[C@H](CCCSCC(=O)C(F)(F)F)NCC[N+]1=CCCCC1. The first-order valence-electron chi connectivity index (χ1n) is 11.1. The van der Waals surface area contributed by atoms with Crippen LogP contribution in [0.3, 0.4) is 0 Å². The summed E-state index contributed by atoms with van der Waals surface area (Å²) >= 11 is 0.895. The average Bonchev–Trinajstić information content (AvgIpc) is 2.78. The number of benzene rings is 1. The van der Waals surface area contributed by atoms with Gasteiger partial charge in [-0.25, -0.2) is 4.58 Å². The summed E-state index contributed by atoms with van der Waals surface area (Å²) in [6, 6.07) is 8.42. The highest BCUT2D eigenvalue weighted by Gasteiger charge is 2.37. The standard InChI is InChI=1S/C23H30F3N3O3S/c24-23(25,26)20(30)17-33-15-7-10-19(27-11-14-29-12-5-2-6-13-29)22(32)28-21(31)16-18-8-3-1-4-9-18/h1,3-4,8-9,12,19,27H,2,5-7,10-11,13-17H2/p+1/t19-/m0/s1. The molecule has 0 bridgehead atoms. The number of hydrogen-bond acceptors (Lipinski definition) is 5. The highest BCUT2D eigenvalue weighted by molar-refractivity contribution is 7.99. The van der Waals surface area contributed by atoms with E-state index in [-0.39, 0.29) is 6.42 Å². The lowest BCUT2D eigenvalue weighted by Crippen LogP contribution is -2.48. The van der Waals surface area contributed by atoms with Gasteiger partial charge in [-0.1, -0.05) is 30.3 Å². The molecule has 0 unspecified atom stereocenters. The molecule has 1 aliphatic heterocycles.